The van der Waals surface area contributed by atoms with E-state index in [9.17, 15) is 0 Å². The van der Waals surface area contributed by atoms with Gasteiger partial charge in [0, 0.05) is 0 Å². The van der Waals surface area contributed by atoms with Crippen LogP contribution >= 0.6 is 22.9 Å². The van der Waals surface area contributed by atoms with Crippen molar-refractivity contribution in [2.75, 3.05) is 7.11 Å². The van der Waals surface area contributed by atoms with Gasteiger partial charge in [0.05, 0.1) is 12.0 Å². The number of aryl methyl sites for hydroxylation is 1. The fraction of sp³-hybridized carbons (Fsp3) is 0.200. The highest BCUT2D eigenvalue weighted by molar-refractivity contribution is 7.13. The van der Waals surface area contributed by atoms with E-state index in [0.29, 0.717) is 10.9 Å². The maximum atomic E-state index is 5.93. The predicted molar refractivity (Wildman–Crippen MR) is 61.6 cm³/mol. The molecule has 2 rings (SSSR count). The number of ether oxygens (including phenoxy) is 1. The summed E-state index contributed by atoms with van der Waals surface area (Å²) >= 11 is 7.54. The van der Waals surface area contributed by atoms with Crippen molar-refractivity contribution >= 4 is 22.9 Å². The van der Waals surface area contributed by atoms with Crippen molar-refractivity contribution in [3.63, 3.8) is 0 Å². The van der Waals surface area contributed by atoms with Gasteiger partial charge in [-0.05, 0) is 23.9 Å². The van der Waals surface area contributed by atoms with Gasteiger partial charge in [0.15, 0.2) is 10.9 Å². The summed E-state index contributed by atoms with van der Waals surface area (Å²) in [7, 11) is 1.57. The molecule has 2 aromatic heterocycles. The monoisotopic (exact) mass is 240 g/mol. The number of thiophene rings is 1. The summed E-state index contributed by atoms with van der Waals surface area (Å²) in [6.45, 7) is 2.03. The lowest BCUT2D eigenvalue weighted by atomic mass is 10.2. The van der Waals surface area contributed by atoms with Crippen LogP contribution < -0.4 is 4.74 Å². The van der Waals surface area contributed by atoms with E-state index >= 15 is 0 Å². The summed E-state index contributed by atoms with van der Waals surface area (Å²) < 4.78 is 5.20. The highest BCUT2D eigenvalue weighted by atomic mass is 35.5. The molecule has 0 aliphatic rings. The minimum Gasteiger partial charge on any atom is -0.491 e. The standard InChI is InChI=1S/C10H9ClN2OS/c1-6-3-4-15-9(6)7-8(14-2)10(11)13-5-12-7/h3-5H,1-2H3. The zero-order valence-electron chi connectivity index (χ0n) is 8.32. The Bertz CT molecular complexity index is 484. The topological polar surface area (TPSA) is 35.0 Å². The third-order valence-electron chi connectivity index (χ3n) is 2.04. The number of halogens is 1. The van der Waals surface area contributed by atoms with Gasteiger partial charge in [0.1, 0.15) is 12.0 Å². The molecule has 0 N–H and O–H groups in total. The zero-order chi connectivity index (χ0) is 10.8. The van der Waals surface area contributed by atoms with Crippen LogP contribution in [-0.4, -0.2) is 17.1 Å². The van der Waals surface area contributed by atoms with E-state index in [-0.39, 0.29) is 0 Å². The molecular weight excluding hydrogens is 232 g/mol. The minimum atomic E-state index is 0.343. The maximum Gasteiger partial charge on any atom is 0.183 e. The molecule has 0 unspecified atom stereocenters. The van der Waals surface area contributed by atoms with E-state index in [1.54, 1.807) is 18.4 Å². The molecule has 0 aliphatic carbocycles. The van der Waals surface area contributed by atoms with Crippen molar-refractivity contribution in [2.45, 2.75) is 6.92 Å². The van der Waals surface area contributed by atoms with Gasteiger partial charge in [-0.3, -0.25) is 0 Å². The van der Waals surface area contributed by atoms with Crippen LogP contribution in [0.15, 0.2) is 17.8 Å². The Balaban J connectivity index is 2.63. The fourth-order valence-corrected chi connectivity index (χ4v) is 2.44. The average Bonchev–Trinajstić information content (AvgIpc) is 2.64. The third kappa shape index (κ3) is 1.82. The Labute approximate surface area is 96.7 Å². The molecule has 3 nitrogen and oxygen atoms in total. The van der Waals surface area contributed by atoms with Crippen LogP contribution in [-0.2, 0) is 0 Å². The van der Waals surface area contributed by atoms with Gasteiger partial charge in [-0.15, -0.1) is 11.3 Å². The molecule has 0 spiro atoms. The largest absolute Gasteiger partial charge is 0.491 e. The van der Waals surface area contributed by atoms with E-state index in [1.165, 1.54) is 6.33 Å². The number of hydrogen-bond acceptors (Lipinski definition) is 4. The second kappa shape index (κ2) is 4.16. The summed E-state index contributed by atoms with van der Waals surface area (Å²) in [6, 6.07) is 2.04. The molecule has 15 heavy (non-hydrogen) atoms. The summed E-state index contributed by atoms with van der Waals surface area (Å²) in [5.74, 6) is 0.532. The van der Waals surface area contributed by atoms with Crippen LogP contribution in [0.25, 0.3) is 10.6 Å². The first-order valence-corrected chi connectivity index (χ1v) is 5.58. The van der Waals surface area contributed by atoms with Gasteiger partial charge in [-0.2, -0.15) is 0 Å². The molecule has 0 saturated heterocycles. The average molecular weight is 241 g/mol. The summed E-state index contributed by atoms with van der Waals surface area (Å²) in [5, 5.41) is 2.36. The smallest absolute Gasteiger partial charge is 0.183 e. The normalized spacial score (nSPS) is 10.3. The van der Waals surface area contributed by atoms with Gasteiger partial charge in [0.25, 0.3) is 0 Å². The van der Waals surface area contributed by atoms with Crippen LogP contribution in [0.1, 0.15) is 5.56 Å². The number of methoxy groups -OCH3 is 1. The van der Waals surface area contributed by atoms with Gasteiger partial charge < -0.3 is 4.74 Å². The molecule has 0 saturated carbocycles. The van der Waals surface area contributed by atoms with Crippen molar-refractivity contribution in [1.82, 2.24) is 9.97 Å². The Morgan fingerprint density at radius 3 is 2.80 bits per heavy atom. The molecule has 0 radical (unpaired) electrons. The van der Waals surface area contributed by atoms with E-state index in [1.807, 2.05) is 18.4 Å². The minimum absolute atomic E-state index is 0.343. The van der Waals surface area contributed by atoms with Gasteiger partial charge in [-0.25, -0.2) is 9.97 Å². The molecule has 0 amide bonds. The SMILES string of the molecule is COc1c(Cl)ncnc1-c1sccc1C. The van der Waals surface area contributed by atoms with Gasteiger partial charge in [0.2, 0.25) is 0 Å². The van der Waals surface area contributed by atoms with Crippen molar-refractivity contribution in [3.05, 3.63) is 28.5 Å². The number of hydrogen-bond donors (Lipinski definition) is 0. The zero-order valence-corrected chi connectivity index (χ0v) is 9.89. The Morgan fingerprint density at radius 2 is 2.20 bits per heavy atom. The molecule has 0 atom stereocenters. The Hall–Kier alpha value is -1.13. The molecule has 2 heterocycles. The highest BCUT2D eigenvalue weighted by Crippen LogP contribution is 2.36. The van der Waals surface area contributed by atoms with E-state index < -0.39 is 0 Å². The molecule has 2 aromatic rings. The Morgan fingerprint density at radius 1 is 1.40 bits per heavy atom. The molecule has 78 valence electrons. The first-order chi connectivity index (χ1) is 7.24. The van der Waals surface area contributed by atoms with Crippen LogP contribution in [0, 0.1) is 6.92 Å². The highest BCUT2D eigenvalue weighted by Gasteiger charge is 2.14. The van der Waals surface area contributed by atoms with Crippen LogP contribution in [0.2, 0.25) is 5.15 Å². The second-order valence-electron chi connectivity index (χ2n) is 2.98. The summed E-state index contributed by atoms with van der Waals surface area (Å²) in [5.41, 5.74) is 1.91. The maximum absolute atomic E-state index is 5.93. The molecule has 0 aromatic carbocycles. The first kappa shape index (κ1) is 10.4. The van der Waals surface area contributed by atoms with Crippen molar-refractivity contribution in [1.29, 1.82) is 0 Å². The van der Waals surface area contributed by atoms with Crippen LogP contribution in [0.5, 0.6) is 5.75 Å². The number of aromatic nitrogens is 2. The summed E-state index contributed by atoms with van der Waals surface area (Å²) in [6.07, 6.45) is 1.44. The molecule has 5 heteroatoms. The van der Waals surface area contributed by atoms with Gasteiger partial charge >= 0.3 is 0 Å². The lowest BCUT2D eigenvalue weighted by Gasteiger charge is -2.07. The first-order valence-electron chi connectivity index (χ1n) is 4.33. The van der Waals surface area contributed by atoms with Crippen molar-refractivity contribution < 1.29 is 4.74 Å². The fourth-order valence-electron chi connectivity index (χ4n) is 1.31. The lowest BCUT2D eigenvalue weighted by molar-refractivity contribution is 0.413. The second-order valence-corrected chi connectivity index (χ2v) is 4.25. The van der Waals surface area contributed by atoms with Crippen LogP contribution in [0.3, 0.4) is 0 Å². The molecule has 0 bridgehead atoms. The van der Waals surface area contributed by atoms with Crippen molar-refractivity contribution in [3.8, 4) is 16.3 Å². The number of rotatable bonds is 2. The molecule has 0 fully saturated rings. The molecular formula is C10H9ClN2OS. The van der Waals surface area contributed by atoms with E-state index in [2.05, 4.69) is 9.97 Å². The third-order valence-corrected chi connectivity index (χ3v) is 3.33. The van der Waals surface area contributed by atoms with Crippen LogP contribution in [0.4, 0.5) is 0 Å². The Kier molecular flexibility index (Phi) is 2.88. The molecule has 0 aliphatic heterocycles. The quantitative estimate of drug-likeness (QED) is 0.757. The predicted octanol–water partition coefficient (Wildman–Crippen LogP) is 3.18. The summed E-state index contributed by atoms with van der Waals surface area (Å²) in [4.78, 5) is 9.15. The number of nitrogens with zero attached hydrogens (tertiary/aromatic N) is 2. The van der Waals surface area contributed by atoms with E-state index in [0.717, 1.165) is 16.1 Å². The van der Waals surface area contributed by atoms with E-state index in [4.69, 9.17) is 16.3 Å². The lowest BCUT2D eigenvalue weighted by Crippen LogP contribution is -1.93. The van der Waals surface area contributed by atoms with Gasteiger partial charge in [-0.1, -0.05) is 11.6 Å². The van der Waals surface area contributed by atoms with Crippen molar-refractivity contribution in [2.24, 2.45) is 0 Å².